The van der Waals surface area contributed by atoms with Crippen LogP contribution < -0.4 is 5.32 Å². The molecule has 12 heavy (non-hydrogen) atoms. The zero-order chi connectivity index (χ0) is 7.52. The van der Waals surface area contributed by atoms with E-state index in [4.69, 9.17) is 0 Å². The third-order valence-corrected chi connectivity index (χ3v) is 2.21. The Kier molecular flexibility index (Phi) is 4.13. The molecular weight excluding hydrogens is 157 g/mol. The van der Waals surface area contributed by atoms with Crippen molar-refractivity contribution in [2.24, 2.45) is 0 Å². The molecule has 2 rings (SSSR count). The van der Waals surface area contributed by atoms with Gasteiger partial charge >= 0.3 is 0 Å². The van der Waals surface area contributed by atoms with E-state index in [9.17, 15) is 0 Å². The first kappa shape index (κ1) is 10.1. The predicted octanol–water partition coefficient (Wildman–Crippen LogP) is 2.05. The summed E-state index contributed by atoms with van der Waals surface area (Å²) in [6, 6.07) is 8.59. The van der Waals surface area contributed by atoms with Crippen LogP contribution in [0.1, 0.15) is 18.4 Å². The van der Waals surface area contributed by atoms with Crippen molar-refractivity contribution in [3.05, 3.63) is 29.8 Å². The van der Waals surface area contributed by atoms with Crippen molar-refractivity contribution in [1.82, 2.24) is 0 Å². The smallest absolute Gasteiger partial charge is 0.0372 e. The molecule has 0 aliphatic carbocycles. The average Bonchev–Trinajstić information content (AvgIpc) is 2.28. The van der Waals surface area contributed by atoms with Crippen molar-refractivity contribution in [3.63, 3.8) is 0 Å². The first-order valence-corrected chi connectivity index (χ1v) is 4.28. The van der Waals surface area contributed by atoms with Crippen LogP contribution in [0.15, 0.2) is 24.3 Å². The number of hydrogen-bond acceptors (Lipinski definition) is 1. The maximum atomic E-state index is 3.43. The molecule has 59 valence electrons. The van der Waals surface area contributed by atoms with Crippen LogP contribution in [0.3, 0.4) is 0 Å². The minimum Gasteiger partial charge on any atom is -0.385 e. The van der Waals surface area contributed by atoms with Gasteiger partial charge < -0.3 is 5.32 Å². The molecule has 0 atom stereocenters. The van der Waals surface area contributed by atoms with Gasteiger partial charge in [-0.1, -0.05) is 18.2 Å². The van der Waals surface area contributed by atoms with Crippen molar-refractivity contribution in [3.8, 4) is 0 Å². The Bertz CT molecular complexity index is 222. The average molecular weight is 170 g/mol. The van der Waals surface area contributed by atoms with Gasteiger partial charge in [0.1, 0.15) is 0 Å². The predicted molar refractivity (Wildman–Crippen MR) is 53.6 cm³/mol. The molecule has 1 radical (unpaired) electrons. The van der Waals surface area contributed by atoms with Gasteiger partial charge in [0, 0.05) is 41.8 Å². The van der Waals surface area contributed by atoms with Gasteiger partial charge in [-0.15, -0.1) is 0 Å². The molecule has 0 unspecified atom stereocenters. The van der Waals surface area contributed by atoms with E-state index in [1.165, 1.54) is 30.5 Å². The molecule has 0 saturated carbocycles. The van der Waals surface area contributed by atoms with Gasteiger partial charge in [-0.05, 0) is 30.9 Å². The molecule has 2 heteroatoms. The second kappa shape index (κ2) is 4.90. The fourth-order valence-electron chi connectivity index (χ4n) is 1.57. The van der Waals surface area contributed by atoms with E-state index in [0.29, 0.717) is 0 Å². The normalized spacial score (nSPS) is 15.0. The van der Waals surface area contributed by atoms with E-state index in [-0.39, 0.29) is 29.6 Å². The fraction of sp³-hybridized carbons (Fsp3) is 0.400. The van der Waals surface area contributed by atoms with Crippen molar-refractivity contribution in [2.75, 3.05) is 11.9 Å². The number of aryl methyl sites for hydroxylation is 1. The van der Waals surface area contributed by atoms with Gasteiger partial charge in [0.2, 0.25) is 0 Å². The van der Waals surface area contributed by atoms with E-state index in [1.807, 2.05) is 0 Å². The zero-order valence-corrected chi connectivity index (χ0v) is 9.64. The van der Waals surface area contributed by atoms with E-state index in [2.05, 4.69) is 29.6 Å². The summed E-state index contributed by atoms with van der Waals surface area (Å²) in [4.78, 5) is 0. The van der Waals surface area contributed by atoms with Crippen LogP contribution >= 0.6 is 0 Å². The summed E-state index contributed by atoms with van der Waals surface area (Å²) in [5.41, 5.74) is 2.81. The van der Waals surface area contributed by atoms with Crippen molar-refractivity contribution in [2.45, 2.75) is 19.3 Å². The van der Waals surface area contributed by atoms with Crippen LogP contribution in [0.4, 0.5) is 5.69 Å². The summed E-state index contributed by atoms with van der Waals surface area (Å²) < 4.78 is 0. The maximum absolute atomic E-state index is 3.43. The molecule has 1 N–H and O–H groups in total. The molecule has 1 nitrogen and oxygen atoms in total. The minimum atomic E-state index is 0. The first-order chi connectivity index (χ1) is 5.47. The van der Waals surface area contributed by atoms with Crippen LogP contribution in [0.25, 0.3) is 0 Å². The van der Waals surface area contributed by atoms with E-state index < -0.39 is 0 Å². The number of fused-ring (bicyclic) bond motifs is 1. The van der Waals surface area contributed by atoms with E-state index in [0.717, 1.165) is 6.54 Å². The van der Waals surface area contributed by atoms with Crippen molar-refractivity contribution >= 4 is 35.2 Å². The Morgan fingerprint density at radius 2 is 1.92 bits per heavy atom. The number of rotatable bonds is 0. The second-order valence-corrected chi connectivity index (χ2v) is 3.04. The zero-order valence-electron chi connectivity index (χ0n) is 7.64. The summed E-state index contributed by atoms with van der Waals surface area (Å²) in [7, 11) is 0. The van der Waals surface area contributed by atoms with Crippen LogP contribution in [0, 0.1) is 0 Å². The fourth-order valence-corrected chi connectivity index (χ4v) is 1.57. The Morgan fingerprint density at radius 3 is 2.83 bits per heavy atom. The van der Waals surface area contributed by atoms with Crippen LogP contribution in [-0.2, 0) is 6.42 Å². The van der Waals surface area contributed by atoms with Crippen LogP contribution in [-0.4, -0.2) is 36.1 Å². The number of nitrogens with one attached hydrogen (secondary N) is 1. The summed E-state index contributed by atoms with van der Waals surface area (Å²) in [5.74, 6) is 0. The molecule has 1 aliphatic heterocycles. The Balaban J connectivity index is 0.000000720. The van der Waals surface area contributed by atoms with E-state index >= 15 is 0 Å². The molecular formula is C10H13NNa. The molecule has 1 aliphatic rings. The maximum Gasteiger partial charge on any atom is 0.0372 e. The molecule has 0 saturated heterocycles. The van der Waals surface area contributed by atoms with Gasteiger partial charge in [0.05, 0.1) is 0 Å². The second-order valence-electron chi connectivity index (χ2n) is 3.04. The Labute approximate surface area is 95.8 Å². The van der Waals surface area contributed by atoms with E-state index in [1.54, 1.807) is 0 Å². The molecule has 1 heterocycles. The molecule has 0 spiro atoms. The molecule has 1 aromatic carbocycles. The first-order valence-electron chi connectivity index (χ1n) is 4.28. The van der Waals surface area contributed by atoms with Gasteiger partial charge in [0.15, 0.2) is 0 Å². The summed E-state index contributed by atoms with van der Waals surface area (Å²) in [5, 5.41) is 3.43. The number of para-hydroxylation sites is 1. The summed E-state index contributed by atoms with van der Waals surface area (Å²) in [6.07, 6.45) is 3.86. The number of benzene rings is 1. The van der Waals surface area contributed by atoms with Gasteiger partial charge in [-0.2, -0.15) is 0 Å². The Morgan fingerprint density at radius 1 is 1.08 bits per heavy atom. The van der Waals surface area contributed by atoms with Crippen LogP contribution in [0.2, 0.25) is 0 Å². The molecule has 0 bridgehead atoms. The van der Waals surface area contributed by atoms with Gasteiger partial charge in [-0.25, -0.2) is 0 Å². The summed E-state index contributed by atoms with van der Waals surface area (Å²) in [6.45, 7) is 1.14. The molecule has 0 aromatic heterocycles. The Hall–Kier alpha value is 0.0200. The third kappa shape index (κ3) is 2.25. The van der Waals surface area contributed by atoms with Gasteiger partial charge in [-0.3, -0.25) is 0 Å². The molecule has 1 aromatic rings. The summed E-state index contributed by atoms with van der Waals surface area (Å²) >= 11 is 0. The van der Waals surface area contributed by atoms with Crippen LogP contribution in [0.5, 0.6) is 0 Å². The minimum absolute atomic E-state index is 0. The number of hydrogen-bond donors (Lipinski definition) is 1. The molecule has 0 amide bonds. The van der Waals surface area contributed by atoms with Crippen molar-refractivity contribution in [1.29, 1.82) is 0 Å². The molecule has 0 fully saturated rings. The van der Waals surface area contributed by atoms with Crippen molar-refractivity contribution < 1.29 is 0 Å². The SMILES string of the molecule is [Na].c1ccc2c(c1)CCCCN2. The topological polar surface area (TPSA) is 12.0 Å². The number of anilines is 1. The standard InChI is InChI=1S/C10H13N.Na/c1-2-7-10-9(5-1)6-3-4-8-11-10;/h1-2,5,7,11H,3-4,6,8H2;. The third-order valence-electron chi connectivity index (χ3n) is 2.21. The largest absolute Gasteiger partial charge is 0.385 e. The van der Waals surface area contributed by atoms with Gasteiger partial charge in [0.25, 0.3) is 0 Å². The monoisotopic (exact) mass is 170 g/mol. The quantitative estimate of drug-likeness (QED) is 0.587.